The van der Waals surface area contributed by atoms with Gasteiger partial charge in [-0.1, -0.05) is 12.1 Å². The quantitative estimate of drug-likeness (QED) is 0.818. The minimum absolute atomic E-state index is 0.126. The summed E-state index contributed by atoms with van der Waals surface area (Å²) < 4.78 is 24.2. The molecule has 1 aromatic heterocycles. The summed E-state index contributed by atoms with van der Waals surface area (Å²) in [7, 11) is -3.62. The second-order valence-electron chi connectivity index (χ2n) is 4.22. The highest BCUT2D eigenvalue weighted by atomic mass is 32.2. The molecular formula is C12H16N4O2S. The zero-order chi connectivity index (χ0) is 13.9. The van der Waals surface area contributed by atoms with E-state index in [1.807, 2.05) is 4.57 Å². The maximum absolute atomic E-state index is 11.1. The molecule has 0 atom stereocenters. The van der Waals surface area contributed by atoms with Crippen LogP contribution in [-0.4, -0.2) is 18.0 Å². The highest BCUT2D eigenvalue weighted by Crippen LogP contribution is 2.10. The highest BCUT2D eigenvalue weighted by Gasteiger charge is 2.07. The van der Waals surface area contributed by atoms with Crippen molar-refractivity contribution in [1.29, 1.82) is 0 Å². The highest BCUT2D eigenvalue weighted by molar-refractivity contribution is 7.89. The smallest absolute Gasteiger partial charge is 0.238 e. The van der Waals surface area contributed by atoms with Crippen LogP contribution in [0.2, 0.25) is 0 Å². The van der Waals surface area contributed by atoms with Gasteiger partial charge < -0.3 is 10.3 Å². The number of benzene rings is 1. The molecule has 0 fully saturated rings. The van der Waals surface area contributed by atoms with E-state index < -0.39 is 10.0 Å². The Kier molecular flexibility index (Phi) is 3.98. The third-order valence-electron chi connectivity index (χ3n) is 2.90. The topological polar surface area (TPSA) is 104 Å². The van der Waals surface area contributed by atoms with E-state index in [9.17, 15) is 8.42 Å². The number of primary sulfonamides is 1. The van der Waals surface area contributed by atoms with E-state index in [0.717, 1.165) is 24.2 Å². The predicted molar refractivity (Wildman–Crippen MR) is 71.6 cm³/mol. The summed E-state index contributed by atoms with van der Waals surface area (Å²) in [4.78, 5) is 4.17. The molecule has 2 rings (SSSR count). The van der Waals surface area contributed by atoms with Gasteiger partial charge in [-0.2, -0.15) is 0 Å². The molecule has 0 amide bonds. The van der Waals surface area contributed by atoms with E-state index in [2.05, 4.69) is 4.98 Å². The lowest BCUT2D eigenvalue weighted by Gasteiger charge is -2.07. The molecule has 0 saturated heterocycles. The summed E-state index contributed by atoms with van der Waals surface area (Å²) in [5, 5.41) is 5.04. The van der Waals surface area contributed by atoms with Crippen molar-refractivity contribution in [3.63, 3.8) is 0 Å². The number of sulfonamides is 1. The van der Waals surface area contributed by atoms with Crippen LogP contribution in [0.5, 0.6) is 0 Å². The van der Waals surface area contributed by atoms with Gasteiger partial charge in [-0.05, 0) is 24.1 Å². The van der Waals surface area contributed by atoms with Crippen LogP contribution < -0.4 is 10.9 Å². The van der Waals surface area contributed by atoms with Gasteiger partial charge in [0.1, 0.15) is 0 Å². The van der Waals surface area contributed by atoms with Crippen LogP contribution in [0.4, 0.5) is 0 Å². The Hall–Kier alpha value is -1.70. The zero-order valence-electron chi connectivity index (χ0n) is 10.4. The van der Waals surface area contributed by atoms with Gasteiger partial charge in [0, 0.05) is 19.3 Å². The Morgan fingerprint density at radius 1 is 1.21 bits per heavy atom. The molecule has 4 N–H and O–H groups in total. The van der Waals surface area contributed by atoms with Crippen molar-refractivity contribution in [2.75, 3.05) is 0 Å². The fourth-order valence-corrected chi connectivity index (χ4v) is 2.33. The van der Waals surface area contributed by atoms with Gasteiger partial charge in [-0.3, -0.25) is 0 Å². The van der Waals surface area contributed by atoms with Crippen LogP contribution in [0.15, 0.2) is 41.7 Å². The Balaban J connectivity index is 2.05. The molecule has 0 spiro atoms. The van der Waals surface area contributed by atoms with Crippen LogP contribution >= 0.6 is 0 Å². The third-order valence-corrected chi connectivity index (χ3v) is 3.83. The summed E-state index contributed by atoms with van der Waals surface area (Å²) in [6.07, 6.45) is 4.25. The molecule has 0 aliphatic carbocycles. The molecule has 7 heteroatoms. The first-order valence-corrected chi connectivity index (χ1v) is 7.36. The maximum Gasteiger partial charge on any atom is 0.238 e. The molecule has 0 aliphatic rings. The van der Waals surface area contributed by atoms with E-state index in [-0.39, 0.29) is 4.90 Å². The SMILES string of the molecule is NCc1cncn1CCc1ccc(S(N)(=O)=O)cc1. The number of aromatic nitrogens is 2. The van der Waals surface area contributed by atoms with Gasteiger partial charge in [0.05, 0.1) is 16.9 Å². The fraction of sp³-hybridized carbons (Fsp3) is 0.250. The van der Waals surface area contributed by atoms with E-state index in [0.29, 0.717) is 6.54 Å². The van der Waals surface area contributed by atoms with E-state index in [4.69, 9.17) is 10.9 Å². The van der Waals surface area contributed by atoms with Crippen LogP contribution in [0.1, 0.15) is 11.3 Å². The molecule has 1 aromatic carbocycles. The Morgan fingerprint density at radius 2 is 1.89 bits per heavy atom. The Morgan fingerprint density at radius 3 is 2.47 bits per heavy atom. The van der Waals surface area contributed by atoms with Crippen LogP contribution in [0.3, 0.4) is 0 Å². The average Bonchev–Trinajstić information content (AvgIpc) is 2.83. The number of rotatable bonds is 5. The molecule has 2 aromatic rings. The molecule has 6 nitrogen and oxygen atoms in total. The van der Waals surface area contributed by atoms with Crippen molar-refractivity contribution >= 4 is 10.0 Å². The van der Waals surface area contributed by atoms with E-state index in [1.165, 1.54) is 12.1 Å². The van der Waals surface area contributed by atoms with Gasteiger partial charge in [-0.15, -0.1) is 0 Å². The summed E-state index contributed by atoms with van der Waals surface area (Å²) in [6.45, 7) is 1.20. The normalized spacial score (nSPS) is 11.7. The summed E-state index contributed by atoms with van der Waals surface area (Å²) >= 11 is 0. The summed E-state index contributed by atoms with van der Waals surface area (Å²) in [6, 6.07) is 6.56. The van der Waals surface area contributed by atoms with Gasteiger partial charge in [-0.25, -0.2) is 18.5 Å². The van der Waals surface area contributed by atoms with Gasteiger partial charge >= 0.3 is 0 Å². The van der Waals surface area contributed by atoms with Crippen LogP contribution in [-0.2, 0) is 29.5 Å². The lowest BCUT2D eigenvalue weighted by Crippen LogP contribution is -2.12. The van der Waals surface area contributed by atoms with Crippen molar-refractivity contribution < 1.29 is 8.42 Å². The molecule has 102 valence electrons. The van der Waals surface area contributed by atoms with Gasteiger partial charge in [0.15, 0.2) is 0 Å². The number of nitrogens with two attached hydrogens (primary N) is 2. The summed E-state index contributed by atoms with van der Waals surface area (Å²) in [5.41, 5.74) is 7.60. The van der Waals surface area contributed by atoms with Crippen LogP contribution in [0, 0.1) is 0 Å². The number of nitrogens with zero attached hydrogens (tertiary/aromatic N) is 2. The standard InChI is InChI=1S/C12H16N4O2S/c13-7-11-8-15-9-16(11)6-5-10-1-3-12(4-2-10)19(14,17)18/h1-4,8-9H,5-7,13H2,(H2,14,17,18). The Bertz CT molecular complexity index is 647. The second-order valence-corrected chi connectivity index (χ2v) is 5.78. The van der Waals surface area contributed by atoms with E-state index in [1.54, 1.807) is 24.7 Å². The molecule has 0 bridgehead atoms. The number of hydrogen-bond donors (Lipinski definition) is 2. The molecule has 0 saturated carbocycles. The van der Waals surface area contributed by atoms with Crippen molar-refractivity contribution in [2.45, 2.75) is 24.4 Å². The first-order chi connectivity index (χ1) is 9.00. The van der Waals surface area contributed by atoms with Crippen molar-refractivity contribution in [3.8, 4) is 0 Å². The van der Waals surface area contributed by atoms with Crippen LogP contribution in [0.25, 0.3) is 0 Å². The number of imidazole rings is 1. The monoisotopic (exact) mass is 280 g/mol. The molecule has 0 unspecified atom stereocenters. The molecule has 0 radical (unpaired) electrons. The van der Waals surface area contributed by atoms with Crippen molar-refractivity contribution in [3.05, 3.63) is 48.0 Å². The Labute approximate surface area is 112 Å². The number of hydrogen-bond acceptors (Lipinski definition) is 4. The third kappa shape index (κ3) is 3.40. The molecular weight excluding hydrogens is 264 g/mol. The molecule has 19 heavy (non-hydrogen) atoms. The van der Waals surface area contributed by atoms with Crippen molar-refractivity contribution in [1.82, 2.24) is 9.55 Å². The molecule has 1 heterocycles. The predicted octanol–water partition coefficient (Wildman–Crippen LogP) is 0.232. The molecule has 0 aliphatic heterocycles. The minimum atomic E-state index is -3.62. The summed E-state index contributed by atoms with van der Waals surface area (Å²) in [5.74, 6) is 0. The van der Waals surface area contributed by atoms with Crippen molar-refractivity contribution in [2.24, 2.45) is 10.9 Å². The fourth-order valence-electron chi connectivity index (χ4n) is 1.81. The second kappa shape index (κ2) is 5.52. The average molecular weight is 280 g/mol. The lowest BCUT2D eigenvalue weighted by atomic mass is 10.1. The lowest BCUT2D eigenvalue weighted by molar-refractivity contribution is 0.597. The van der Waals surface area contributed by atoms with Gasteiger partial charge in [0.2, 0.25) is 10.0 Å². The number of aryl methyl sites for hydroxylation is 2. The zero-order valence-corrected chi connectivity index (χ0v) is 11.2. The maximum atomic E-state index is 11.1. The van der Waals surface area contributed by atoms with E-state index >= 15 is 0 Å². The largest absolute Gasteiger partial charge is 0.333 e. The minimum Gasteiger partial charge on any atom is -0.333 e. The first-order valence-electron chi connectivity index (χ1n) is 5.81. The first kappa shape index (κ1) is 13.7. The van der Waals surface area contributed by atoms with Gasteiger partial charge in [0.25, 0.3) is 0 Å².